The monoisotopic (exact) mass is 384 g/mol. The Morgan fingerprint density at radius 1 is 0.733 bits per heavy atom. The van der Waals surface area contributed by atoms with E-state index in [0.717, 1.165) is 34.9 Å². The van der Waals surface area contributed by atoms with Crippen LogP contribution in [0.5, 0.6) is 0 Å². The molecule has 0 spiro atoms. The van der Waals surface area contributed by atoms with Gasteiger partial charge in [-0.3, -0.25) is 0 Å². The molecule has 5 aromatic rings. The van der Waals surface area contributed by atoms with Crippen LogP contribution < -0.4 is 0 Å². The summed E-state index contributed by atoms with van der Waals surface area (Å²) in [6.07, 6.45) is 4.74. The highest BCUT2D eigenvalue weighted by atomic mass is 14.7. The standard InChI is InChI=1S/C28H20N2/c29-17-27-22-11-5-3-9-20(22)16-26(30-27)25-15-19-8-2-4-10-21(19)24-14-13-18-7-1-6-12-23(18)28(24)25/h2-5,8-11,13-16H,1,6-7,12H2. The van der Waals surface area contributed by atoms with Crippen LogP contribution in [0.1, 0.15) is 29.7 Å². The third-order valence-electron chi connectivity index (χ3n) is 6.48. The normalized spacial score (nSPS) is 13.4. The van der Waals surface area contributed by atoms with Crippen molar-refractivity contribution in [3.05, 3.63) is 89.6 Å². The van der Waals surface area contributed by atoms with Gasteiger partial charge in [-0.1, -0.05) is 60.7 Å². The van der Waals surface area contributed by atoms with E-state index in [1.807, 2.05) is 18.2 Å². The fourth-order valence-corrected chi connectivity index (χ4v) is 5.08. The van der Waals surface area contributed by atoms with Crippen LogP contribution in [-0.4, -0.2) is 4.98 Å². The second kappa shape index (κ2) is 6.68. The van der Waals surface area contributed by atoms with Gasteiger partial charge >= 0.3 is 0 Å². The molecule has 0 radical (unpaired) electrons. The van der Waals surface area contributed by atoms with Gasteiger partial charge in [0.15, 0.2) is 0 Å². The van der Waals surface area contributed by atoms with Crippen molar-refractivity contribution in [2.75, 3.05) is 0 Å². The Labute approximate surface area is 175 Å². The Morgan fingerprint density at radius 2 is 1.47 bits per heavy atom. The molecule has 0 bridgehead atoms. The van der Waals surface area contributed by atoms with Crippen LogP contribution in [0.2, 0.25) is 0 Å². The molecule has 0 saturated heterocycles. The largest absolute Gasteiger partial charge is 0.236 e. The third kappa shape index (κ3) is 2.52. The van der Waals surface area contributed by atoms with E-state index in [0.29, 0.717) is 5.69 Å². The molecule has 0 saturated carbocycles. The second-order valence-electron chi connectivity index (χ2n) is 8.17. The zero-order valence-corrected chi connectivity index (χ0v) is 16.7. The van der Waals surface area contributed by atoms with Crippen molar-refractivity contribution in [1.29, 1.82) is 5.26 Å². The first-order chi connectivity index (χ1) is 14.8. The van der Waals surface area contributed by atoms with Crippen molar-refractivity contribution in [3.8, 4) is 17.3 Å². The molecule has 1 aromatic heterocycles. The lowest BCUT2D eigenvalue weighted by Gasteiger charge is -2.21. The first-order valence-corrected chi connectivity index (χ1v) is 10.6. The summed E-state index contributed by atoms with van der Waals surface area (Å²) in [6.45, 7) is 0. The molecule has 30 heavy (non-hydrogen) atoms. The van der Waals surface area contributed by atoms with Crippen LogP contribution in [0.3, 0.4) is 0 Å². The van der Waals surface area contributed by atoms with Gasteiger partial charge in [0.25, 0.3) is 0 Å². The number of rotatable bonds is 1. The van der Waals surface area contributed by atoms with Gasteiger partial charge in [0.1, 0.15) is 11.8 Å². The zero-order chi connectivity index (χ0) is 20.1. The number of nitriles is 1. The molecule has 2 heteroatoms. The summed E-state index contributed by atoms with van der Waals surface area (Å²) in [5.74, 6) is 0. The summed E-state index contributed by atoms with van der Waals surface area (Å²) < 4.78 is 0. The quantitative estimate of drug-likeness (QED) is 0.293. The number of benzene rings is 4. The average molecular weight is 384 g/mol. The van der Waals surface area contributed by atoms with Crippen molar-refractivity contribution in [1.82, 2.24) is 4.98 Å². The predicted molar refractivity (Wildman–Crippen MR) is 124 cm³/mol. The van der Waals surface area contributed by atoms with Crippen LogP contribution in [0.15, 0.2) is 72.8 Å². The summed E-state index contributed by atoms with van der Waals surface area (Å²) in [4.78, 5) is 4.83. The smallest absolute Gasteiger partial charge is 0.148 e. The van der Waals surface area contributed by atoms with E-state index >= 15 is 0 Å². The molecule has 1 heterocycles. The van der Waals surface area contributed by atoms with E-state index in [2.05, 4.69) is 60.7 Å². The average Bonchev–Trinajstić information content (AvgIpc) is 2.82. The van der Waals surface area contributed by atoms with Gasteiger partial charge in [0.2, 0.25) is 0 Å². The van der Waals surface area contributed by atoms with Crippen LogP contribution in [-0.2, 0) is 12.8 Å². The molecule has 1 aliphatic carbocycles. The van der Waals surface area contributed by atoms with Crippen molar-refractivity contribution in [3.63, 3.8) is 0 Å². The fourth-order valence-electron chi connectivity index (χ4n) is 5.08. The molecular formula is C28H20N2. The SMILES string of the molecule is N#Cc1nc(-c2cc3ccccc3c3ccc4c(c23)CCCC4)cc2ccccc12. The first-order valence-electron chi connectivity index (χ1n) is 10.6. The third-order valence-corrected chi connectivity index (χ3v) is 6.48. The Morgan fingerprint density at radius 3 is 2.30 bits per heavy atom. The van der Waals surface area contributed by atoms with Crippen LogP contribution in [0.25, 0.3) is 43.6 Å². The zero-order valence-electron chi connectivity index (χ0n) is 16.7. The number of aryl methyl sites for hydroxylation is 2. The maximum Gasteiger partial charge on any atom is 0.148 e. The molecule has 1 aliphatic rings. The van der Waals surface area contributed by atoms with E-state index in [9.17, 15) is 5.26 Å². The number of hydrogen-bond acceptors (Lipinski definition) is 2. The molecule has 0 fully saturated rings. The lowest BCUT2D eigenvalue weighted by atomic mass is 9.83. The summed E-state index contributed by atoms with van der Waals surface area (Å²) >= 11 is 0. The highest BCUT2D eigenvalue weighted by Crippen LogP contribution is 2.40. The molecule has 0 atom stereocenters. The van der Waals surface area contributed by atoms with E-state index in [4.69, 9.17) is 4.98 Å². The van der Waals surface area contributed by atoms with Crippen molar-refractivity contribution in [2.45, 2.75) is 25.7 Å². The highest BCUT2D eigenvalue weighted by Gasteiger charge is 2.19. The maximum absolute atomic E-state index is 9.77. The Balaban J connectivity index is 1.78. The molecular weight excluding hydrogens is 364 g/mol. The van der Waals surface area contributed by atoms with E-state index in [-0.39, 0.29) is 0 Å². The minimum Gasteiger partial charge on any atom is -0.236 e. The summed E-state index contributed by atoms with van der Waals surface area (Å²) in [7, 11) is 0. The van der Waals surface area contributed by atoms with E-state index in [1.54, 1.807) is 0 Å². The molecule has 2 nitrogen and oxygen atoms in total. The van der Waals surface area contributed by atoms with Gasteiger partial charge in [-0.05, 0) is 75.9 Å². The van der Waals surface area contributed by atoms with E-state index in [1.165, 1.54) is 45.5 Å². The molecule has 6 rings (SSSR count). The molecule has 0 N–H and O–H groups in total. The molecule has 142 valence electrons. The first kappa shape index (κ1) is 17.2. The van der Waals surface area contributed by atoms with Crippen molar-refractivity contribution >= 4 is 32.3 Å². The molecule has 0 aliphatic heterocycles. The number of hydrogen-bond donors (Lipinski definition) is 0. The van der Waals surface area contributed by atoms with Crippen LogP contribution in [0.4, 0.5) is 0 Å². The van der Waals surface area contributed by atoms with Gasteiger partial charge in [-0.2, -0.15) is 5.26 Å². The molecule has 0 unspecified atom stereocenters. The van der Waals surface area contributed by atoms with Gasteiger partial charge < -0.3 is 0 Å². The Hall–Kier alpha value is -3.70. The summed E-state index contributed by atoms with van der Waals surface area (Å²) in [5.41, 5.74) is 5.46. The Kier molecular flexibility index (Phi) is 3.82. The topological polar surface area (TPSA) is 36.7 Å². The minimum atomic E-state index is 0.495. The van der Waals surface area contributed by atoms with Gasteiger partial charge in [0.05, 0.1) is 5.69 Å². The fraction of sp³-hybridized carbons (Fsp3) is 0.143. The molecule has 4 aromatic carbocycles. The van der Waals surface area contributed by atoms with Crippen molar-refractivity contribution < 1.29 is 0 Å². The van der Waals surface area contributed by atoms with Crippen LogP contribution in [0, 0.1) is 11.3 Å². The number of pyridine rings is 1. The highest BCUT2D eigenvalue weighted by molar-refractivity contribution is 6.15. The van der Waals surface area contributed by atoms with E-state index < -0.39 is 0 Å². The number of fused-ring (bicyclic) bond motifs is 6. The summed E-state index contributed by atoms with van der Waals surface area (Å²) in [5, 5.41) is 16.8. The Bertz CT molecular complexity index is 1510. The number of aromatic nitrogens is 1. The minimum absolute atomic E-state index is 0.495. The van der Waals surface area contributed by atoms with Crippen LogP contribution >= 0.6 is 0 Å². The predicted octanol–water partition coefficient (Wildman–Crippen LogP) is 6.96. The van der Waals surface area contributed by atoms with Gasteiger partial charge in [-0.15, -0.1) is 0 Å². The summed E-state index contributed by atoms with van der Waals surface area (Å²) in [6, 6.07) is 28.0. The molecule has 0 amide bonds. The number of nitrogens with zero attached hydrogens (tertiary/aromatic N) is 2. The maximum atomic E-state index is 9.77. The van der Waals surface area contributed by atoms with Crippen molar-refractivity contribution in [2.24, 2.45) is 0 Å². The lowest BCUT2D eigenvalue weighted by molar-refractivity contribution is 0.690. The second-order valence-corrected chi connectivity index (χ2v) is 8.17. The lowest BCUT2D eigenvalue weighted by Crippen LogP contribution is -2.04. The van der Waals surface area contributed by atoms with Gasteiger partial charge in [-0.25, -0.2) is 4.98 Å². The van der Waals surface area contributed by atoms with Gasteiger partial charge in [0, 0.05) is 10.9 Å².